The molecule has 1 heterocycles. The fourth-order valence-corrected chi connectivity index (χ4v) is 2.54. The molecule has 0 aromatic heterocycles. The first-order valence-electron chi connectivity index (χ1n) is 7.22. The van der Waals surface area contributed by atoms with Crippen molar-refractivity contribution in [1.29, 1.82) is 5.26 Å². The highest BCUT2D eigenvalue weighted by atomic mass is 16.5. The summed E-state index contributed by atoms with van der Waals surface area (Å²) >= 11 is 0. The summed E-state index contributed by atoms with van der Waals surface area (Å²) < 4.78 is 5.17. The molecule has 4 nitrogen and oxygen atoms in total. The van der Waals surface area contributed by atoms with E-state index in [1.54, 1.807) is 7.11 Å². The Labute approximate surface area is 121 Å². The standard InChI is InChI=1S/C16H23N3O/c1-14(13-17)19-11-9-18(10-12-19)8-7-15-3-5-16(20-2)6-4-15/h3-6,14H,7-12H2,1-2H3. The summed E-state index contributed by atoms with van der Waals surface area (Å²) in [5.74, 6) is 0.910. The lowest BCUT2D eigenvalue weighted by molar-refractivity contribution is 0.120. The lowest BCUT2D eigenvalue weighted by Gasteiger charge is -2.35. The number of hydrogen-bond donors (Lipinski definition) is 0. The van der Waals surface area contributed by atoms with Crippen LogP contribution in [0.2, 0.25) is 0 Å². The zero-order valence-electron chi connectivity index (χ0n) is 12.4. The summed E-state index contributed by atoms with van der Waals surface area (Å²) in [5, 5.41) is 8.93. The first-order chi connectivity index (χ1) is 9.72. The highest BCUT2D eigenvalue weighted by Crippen LogP contribution is 2.13. The van der Waals surface area contributed by atoms with Crippen molar-refractivity contribution in [2.24, 2.45) is 0 Å². The Balaban J connectivity index is 1.74. The Morgan fingerprint density at radius 1 is 1.20 bits per heavy atom. The second kappa shape index (κ2) is 7.28. The fraction of sp³-hybridized carbons (Fsp3) is 0.562. The molecule has 1 saturated heterocycles. The average molecular weight is 273 g/mol. The third-order valence-corrected chi connectivity index (χ3v) is 4.02. The monoisotopic (exact) mass is 273 g/mol. The predicted octanol–water partition coefficient (Wildman–Crippen LogP) is 1.77. The highest BCUT2D eigenvalue weighted by Gasteiger charge is 2.20. The van der Waals surface area contributed by atoms with E-state index < -0.39 is 0 Å². The third kappa shape index (κ3) is 3.96. The van der Waals surface area contributed by atoms with E-state index in [0.29, 0.717) is 0 Å². The Bertz CT molecular complexity index is 444. The van der Waals surface area contributed by atoms with Gasteiger partial charge in [-0.25, -0.2) is 0 Å². The summed E-state index contributed by atoms with van der Waals surface area (Å²) in [6, 6.07) is 10.6. The molecule has 0 aliphatic carbocycles. The van der Waals surface area contributed by atoms with Gasteiger partial charge in [-0.15, -0.1) is 0 Å². The van der Waals surface area contributed by atoms with Gasteiger partial charge in [-0.2, -0.15) is 5.26 Å². The van der Waals surface area contributed by atoms with Crippen LogP contribution in [0.5, 0.6) is 5.75 Å². The molecule has 108 valence electrons. The highest BCUT2D eigenvalue weighted by molar-refractivity contribution is 5.27. The zero-order valence-corrected chi connectivity index (χ0v) is 12.4. The van der Waals surface area contributed by atoms with Gasteiger partial charge in [0.15, 0.2) is 0 Å². The van der Waals surface area contributed by atoms with Crippen LogP contribution in [0.3, 0.4) is 0 Å². The molecular weight excluding hydrogens is 250 g/mol. The van der Waals surface area contributed by atoms with Gasteiger partial charge in [0.2, 0.25) is 0 Å². The molecule has 1 aromatic carbocycles. The number of ether oxygens (including phenoxy) is 1. The van der Waals surface area contributed by atoms with E-state index >= 15 is 0 Å². The molecule has 0 amide bonds. The molecule has 20 heavy (non-hydrogen) atoms. The smallest absolute Gasteiger partial charge is 0.118 e. The fourth-order valence-electron chi connectivity index (χ4n) is 2.54. The van der Waals surface area contributed by atoms with Crippen molar-refractivity contribution >= 4 is 0 Å². The second-order valence-corrected chi connectivity index (χ2v) is 5.28. The molecule has 2 rings (SSSR count). The van der Waals surface area contributed by atoms with Gasteiger partial charge >= 0.3 is 0 Å². The van der Waals surface area contributed by atoms with E-state index in [0.717, 1.165) is 44.9 Å². The van der Waals surface area contributed by atoms with Gasteiger partial charge in [0.05, 0.1) is 19.2 Å². The van der Waals surface area contributed by atoms with Crippen molar-refractivity contribution in [3.8, 4) is 11.8 Å². The van der Waals surface area contributed by atoms with Crippen LogP contribution in [0.15, 0.2) is 24.3 Å². The van der Waals surface area contributed by atoms with Crippen LogP contribution in [0, 0.1) is 11.3 Å². The molecule has 0 bridgehead atoms. The maximum Gasteiger partial charge on any atom is 0.118 e. The van der Waals surface area contributed by atoms with E-state index in [1.807, 2.05) is 19.1 Å². The second-order valence-electron chi connectivity index (χ2n) is 5.28. The topological polar surface area (TPSA) is 39.5 Å². The van der Waals surface area contributed by atoms with Crippen LogP contribution < -0.4 is 4.74 Å². The summed E-state index contributed by atoms with van der Waals surface area (Å²) in [6.45, 7) is 7.17. The maximum atomic E-state index is 8.93. The minimum atomic E-state index is 0.0405. The molecule has 0 N–H and O–H groups in total. The summed E-state index contributed by atoms with van der Waals surface area (Å²) in [4.78, 5) is 4.73. The minimum Gasteiger partial charge on any atom is -0.497 e. The Morgan fingerprint density at radius 3 is 2.40 bits per heavy atom. The van der Waals surface area contributed by atoms with Gasteiger partial charge in [0.25, 0.3) is 0 Å². The average Bonchev–Trinajstić information content (AvgIpc) is 2.53. The van der Waals surface area contributed by atoms with Gasteiger partial charge < -0.3 is 9.64 Å². The molecule has 1 aliphatic rings. The third-order valence-electron chi connectivity index (χ3n) is 4.02. The predicted molar refractivity (Wildman–Crippen MR) is 79.8 cm³/mol. The van der Waals surface area contributed by atoms with Gasteiger partial charge in [0.1, 0.15) is 5.75 Å². The van der Waals surface area contributed by atoms with Gasteiger partial charge in [-0.1, -0.05) is 12.1 Å². The van der Waals surface area contributed by atoms with Gasteiger partial charge in [-0.3, -0.25) is 4.90 Å². The normalized spacial score (nSPS) is 18.4. The van der Waals surface area contributed by atoms with Gasteiger partial charge in [-0.05, 0) is 31.0 Å². The largest absolute Gasteiger partial charge is 0.497 e. The summed E-state index contributed by atoms with van der Waals surface area (Å²) in [5.41, 5.74) is 1.35. The van der Waals surface area contributed by atoms with Crippen LogP contribution in [-0.2, 0) is 6.42 Å². The molecule has 1 atom stereocenters. The van der Waals surface area contributed by atoms with Crippen LogP contribution in [0.1, 0.15) is 12.5 Å². The Kier molecular flexibility index (Phi) is 5.40. The SMILES string of the molecule is COc1ccc(CCN2CCN(C(C)C#N)CC2)cc1. The lowest BCUT2D eigenvalue weighted by atomic mass is 10.1. The quantitative estimate of drug-likeness (QED) is 0.819. The van der Waals surface area contributed by atoms with Crippen molar-refractivity contribution in [2.45, 2.75) is 19.4 Å². The number of nitrogens with zero attached hydrogens (tertiary/aromatic N) is 3. The van der Waals surface area contributed by atoms with Crippen LogP contribution >= 0.6 is 0 Å². The molecule has 1 fully saturated rings. The van der Waals surface area contributed by atoms with Crippen LogP contribution in [-0.4, -0.2) is 55.7 Å². The molecule has 0 radical (unpaired) electrons. The van der Waals surface area contributed by atoms with Crippen molar-refractivity contribution in [3.63, 3.8) is 0 Å². The molecule has 0 spiro atoms. The number of rotatable bonds is 5. The molecular formula is C16H23N3O. The van der Waals surface area contributed by atoms with Crippen LogP contribution in [0.25, 0.3) is 0 Å². The number of hydrogen-bond acceptors (Lipinski definition) is 4. The van der Waals surface area contributed by atoms with E-state index in [9.17, 15) is 0 Å². The molecule has 1 aliphatic heterocycles. The first kappa shape index (κ1) is 14.8. The van der Waals surface area contributed by atoms with Crippen molar-refractivity contribution in [1.82, 2.24) is 9.80 Å². The Hall–Kier alpha value is -1.57. The number of methoxy groups -OCH3 is 1. The minimum absolute atomic E-state index is 0.0405. The summed E-state index contributed by atoms with van der Waals surface area (Å²) in [6.07, 6.45) is 1.07. The van der Waals surface area contributed by atoms with Crippen LogP contribution in [0.4, 0.5) is 0 Å². The van der Waals surface area contributed by atoms with E-state index in [2.05, 4.69) is 28.0 Å². The maximum absolute atomic E-state index is 8.93. The van der Waals surface area contributed by atoms with Gasteiger partial charge in [0, 0.05) is 32.7 Å². The molecule has 4 heteroatoms. The summed E-state index contributed by atoms with van der Waals surface area (Å²) in [7, 11) is 1.69. The first-order valence-corrected chi connectivity index (χ1v) is 7.22. The Morgan fingerprint density at radius 2 is 1.85 bits per heavy atom. The van der Waals surface area contributed by atoms with E-state index in [-0.39, 0.29) is 6.04 Å². The van der Waals surface area contributed by atoms with Crippen molar-refractivity contribution < 1.29 is 4.74 Å². The van der Waals surface area contributed by atoms with Crippen molar-refractivity contribution in [2.75, 3.05) is 39.8 Å². The molecule has 1 aromatic rings. The molecule has 0 saturated carbocycles. The number of nitriles is 1. The van der Waals surface area contributed by atoms with E-state index in [4.69, 9.17) is 10.00 Å². The van der Waals surface area contributed by atoms with Crippen molar-refractivity contribution in [3.05, 3.63) is 29.8 Å². The number of piperazine rings is 1. The molecule has 1 unspecified atom stereocenters. The zero-order chi connectivity index (χ0) is 14.4. The van der Waals surface area contributed by atoms with E-state index in [1.165, 1.54) is 5.56 Å². The number of benzene rings is 1. The lowest BCUT2D eigenvalue weighted by Crippen LogP contribution is -2.49.